The number of carbonyl (C=O) groups is 1. The lowest BCUT2D eigenvalue weighted by molar-refractivity contribution is -0.157. The molecule has 0 N–H and O–H groups in total. The maximum atomic E-state index is 11.6. The first-order valence-corrected chi connectivity index (χ1v) is 5.37. The summed E-state index contributed by atoms with van der Waals surface area (Å²) in [5.41, 5.74) is -0.375. The molecule has 1 saturated heterocycles. The summed E-state index contributed by atoms with van der Waals surface area (Å²) in [6.45, 7) is 10.8. The maximum Gasteiger partial charge on any atom is 0.311 e. The average molecular weight is 199 g/mol. The molecule has 0 aromatic carbocycles. The van der Waals surface area contributed by atoms with Gasteiger partial charge in [-0.15, -0.1) is 0 Å². The first-order chi connectivity index (χ1) is 6.43. The number of likely N-dealkylation sites (tertiary alicyclic amines) is 1. The van der Waals surface area contributed by atoms with Gasteiger partial charge in [-0.3, -0.25) is 9.69 Å². The van der Waals surface area contributed by atoms with Crippen molar-refractivity contribution in [2.45, 2.75) is 40.2 Å². The average Bonchev–Trinajstić information content (AvgIpc) is 2.50. The number of hydrogen-bond acceptors (Lipinski definition) is 3. The van der Waals surface area contributed by atoms with Gasteiger partial charge < -0.3 is 4.74 Å². The molecule has 1 unspecified atom stereocenters. The molecule has 0 aliphatic carbocycles. The largest absolute Gasteiger partial charge is 0.461 e. The van der Waals surface area contributed by atoms with Gasteiger partial charge in [0.15, 0.2) is 0 Å². The van der Waals surface area contributed by atoms with Crippen molar-refractivity contribution in [2.75, 3.05) is 19.6 Å². The molecule has 1 aliphatic heterocycles. The zero-order valence-electron chi connectivity index (χ0n) is 9.67. The summed E-state index contributed by atoms with van der Waals surface area (Å²) in [6.07, 6.45) is 1.09. The summed E-state index contributed by atoms with van der Waals surface area (Å²) in [6, 6.07) is 0. The van der Waals surface area contributed by atoms with Crippen molar-refractivity contribution in [3.05, 3.63) is 0 Å². The van der Waals surface area contributed by atoms with Crippen LogP contribution in [0.1, 0.15) is 34.1 Å². The molecule has 0 saturated carbocycles. The van der Waals surface area contributed by atoms with Crippen molar-refractivity contribution < 1.29 is 9.53 Å². The summed E-state index contributed by atoms with van der Waals surface area (Å²) in [5.74, 6) is -0.0829. The number of likely N-dealkylation sites (N-methyl/N-ethyl adjacent to an activating group) is 1. The molecule has 3 nitrogen and oxygen atoms in total. The van der Waals surface area contributed by atoms with E-state index in [0.717, 1.165) is 26.1 Å². The lowest BCUT2D eigenvalue weighted by Gasteiger charge is -2.20. The minimum Gasteiger partial charge on any atom is -0.461 e. The van der Waals surface area contributed by atoms with E-state index in [1.165, 1.54) is 0 Å². The van der Waals surface area contributed by atoms with E-state index < -0.39 is 0 Å². The fraction of sp³-hybridized carbons (Fsp3) is 0.909. The molecule has 0 spiro atoms. The molecule has 1 atom stereocenters. The van der Waals surface area contributed by atoms with E-state index >= 15 is 0 Å². The molecular weight excluding hydrogens is 178 g/mol. The predicted octanol–water partition coefficient (Wildman–Crippen LogP) is 1.67. The fourth-order valence-electron chi connectivity index (χ4n) is 1.51. The van der Waals surface area contributed by atoms with Crippen molar-refractivity contribution in [1.82, 2.24) is 4.90 Å². The van der Waals surface area contributed by atoms with Crippen LogP contribution in [0.25, 0.3) is 0 Å². The van der Waals surface area contributed by atoms with Crippen LogP contribution in [0.15, 0.2) is 0 Å². The highest BCUT2D eigenvalue weighted by Gasteiger charge is 2.29. The summed E-state index contributed by atoms with van der Waals surface area (Å²) in [4.78, 5) is 13.9. The van der Waals surface area contributed by atoms with Gasteiger partial charge in [-0.2, -0.15) is 0 Å². The van der Waals surface area contributed by atoms with Gasteiger partial charge in [0, 0.05) is 13.1 Å². The summed E-state index contributed by atoms with van der Waals surface area (Å²) >= 11 is 0. The van der Waals surface area contributed by atoms with Crippen LogP contribution < -0.4 is 0 Å². The molecule has 0 aromatic heterocycles. The van der Waals surface area contributed by atoms with Crippen LogP contribution in [0.2, 0.25) is 0 Å². The van der Waals surface area contributed by atoms with Crippen LogP contribution in [-0.2, 0) is 9.53 Å². The number of nitrogens with zero attached hydrogens (tertiary/aromatic N) is 1. The lowest BCUT2D eigenvalue weighted by atomic mass is 9.97. The van der Waals surface area contributed by atoms with Gasteiger partial charge in [-0.05, 0) is 33.7 Å². The van der Waals surface area contributed by atoms with Crippen molar-refractivity contribution in [2.24, 2.45) is 5.41 Å². The Morgan fingerprint density at radius 2 is 2.14 bits per heavy atom. The first-order valence-electron chi connectivity index (χ1n) is 5.37. The minimum atomic E-state index is -0.375. The van der Waals surface area contributed by atoms with E-state index in [9.17, 15) is 4.79 Å². The summed E-state index contributed by atoms with van der Waals surface area (Å²) in [7, 11) is 0. The topological polar surface area (TPSA) is 29.5 Å². The molecule has 0 radical (unpaired) electrons. The van der Waals surface area contributed by atoms with E-state index in [2.05, 4.69) is 11.8 Å². The van der Waals surface area contributed by atoms with Crippen molar-refractivity contribution in [3.8, 4) is 0 Å². The molecular formula is C11H21NO2. The molecule has 1 heterocycles. The Labute approximate surface area is 86.4 Å². The Morgan fingerprint density at radius 3 is 2.57 bits per heavy atom. The second-order valence-electron chi connectivity index (χ2n) is 4.96. The van der Waals surface area contributed by atoms with Gasteiger partial charge in [0.25, 0.3) is 0 Å². The standard InChI is InChI=1S/C11H21NO2/c1-5-12-7-6-9(8-12)14-10(13)11(2,3)4/h9H,5-8H2,1-4H3. The molecule has 1 fully saturated rings. The summed E-state index contributed by atoms with van der Waals surface area (Å²) in [5, 5.41) is 0. The lowest BCUT2D eigenvalue weighted by Crippen LogP contribution is -2.30. The van der Waals surface area contributed by atoms with Gasteiger partial charge >= 0.3 is 5.97 Å². The molecule has 3 heteroatoms. The third-order valence-corrected chi connectivity index (χ3v) is 2.56. The quantitative estimate of drug-likeness (QED) is 0.634. The highest BCUT2D eigenvalue weighted by Crippen LogP contribution is 2.20. The van der Waals surface area contributed by atoms with Crippen molar-refractivity contribution in [1.29, 1.82) is 0 Å². The van der Waals surface area contributed by atoms with Crippen LogP contribution in [-0.4, -0.2) is 36.6 Å². The van der Waals surface area contributed by atoms with E-state index in [-0.39, 0.29) is 17.5 Å². The summed E-state index contributed by atoms with van der Waals surface area (Å²) < 4.78 is 5.43. The molecule has 1 rings (SSSR count). The molecule has 14 heavy (non-hydrogen) atoms. The van der Waals surface area contributed by atoms with E-state index in [1.807, 2.05) is 20.8 Å². The van der Waals surface area contributed by atoms with Gasteiger partial charge in [-0.1, -0.05) is 6.92 Å². The van der Waals surface area contributed by atoms with Gasteiger partial charge in [0.2, 0.25) is 0 Å². The Morgan fingerprint density at radius 1 is 1.50 bits per heavy atom. The van der Waals surface area contributed by atoms with Crippen molar-refractivity contribution in [3.63, 3.8) is 0 Å². The third-order valence-electron chi connectivity index (χ3n) is 2.56. The smallest absolute Gasteiger partial charge is 0.311 e. The maximum absolute atomic E-state index is 11.6. The zero-order valence-corrected chi connectivity index (χ0v) is 9.67. The molecule has 0 bridgehead atoms. The molecule has 0 aromatic rings. The number of hydrogen-bond donors (Lipinski definition) is 0. The molecule has 1 aliphatic rings. The van der Waals surface area contributed by atoms with Crippen LogP contribution >= 0.6 is 0 Å². The zero-order chi connectivity index (χ0) is 10.8. The monoisotopic (exact) mass is 199 g/mol. The van der Waals surface area contributed by atoms with E-state index in [1.54, 1.807) is 0 Å². The Balaban J connectivity index is 2.36. The highest BCUT2D eigenvalue weighted by molar-refractivity contribution is 5.75. The van der Waals surface area contributed by atoms with Crippen LogP contribution in [0.3, 0.4) is 0 Å². The third kappa shape index (κ3) is 2.98. The van der Waals surface area contributed by atoms with Crippen LogP contribution in [0.4, 0.5) is 0 Å². The second kappa shape index (κ2) is 4.30. The van der Waals surface area contributed by atoms with Crippen LogP contribution in [0.5, 0.6) is 0 Å². The number of rotatable bonds is 2. The second-order valence-corrected chi connectivity index (χ2v) is 4.96. The minimum absolute atomic E-state index is 0.0829. The van der Waals surface area contributed by atoms with Gasteiger partial charge in [0.05, 0.1) is 5.41 Å². The molecule has 82 valence electrons. The Bertz CT molecular complexity index is 208. The van der Waals surface area contributed by atoms with Gasteiger partial charge in [0.1, 0.15) is 6.10 Å². The number of esters is 1. The number of carbonyl (C=O) groups excluding carboxylic acids is 1. The highest BCUT2D eigenvalue weighted by atomic mass is 16.5. The van der Waals surface area contributed by atoms with Crippen LogP contribution in [0, 0.1) is 5.41 Å². The Kier molecular flexibility index (Phi) is 3.53. The number of ether oxygens (including phenoxy) is 1. The Hall–Kier alpha value is -0.570. The van der Waals surface area contributed by atoms with Gasteiger partial charge in [-0.25, -0.2) is 0 Å². The van der Waals surface area contributed by atoms with Crippen molar-refractivity contribution >= 4 is 5.97 Å². The normalized spacial score (nSPS) is 23.9. The first kappa shape index (κ1) is 11.5. The predicted molar refractivity (Wildman–Crippen MR) is 56.1 cm³/mol. The van der Waals surface area contributed by atoms with E-state index in [0.29, 0.717) is 0 Å². The fourth-order valence-corrected chi connectivity index (χ4v) is 1.51. The SMILES string of the molecule is CCN1CCC(OC(=O)C(C)(C)C)C1. The van der Waals surface area contributed by atoms with E-state index in [4.69, 9.17) is 4.74 Å². The molecule has 0 amide bonds.